The zero-order valence-corrected chi connectivity index (χ0v) is 64.2. The molecule has 0 aromatic carbocycles. The maximum Gasteiger partial charge on any atom is 0.472 e. The minimum absolute atomic E-state index is 0.0614. The van der Waals surface area contributed by atoms with E-state index in [0.717, 1.165) is 154 Å². The summed E-state index contributed by atoms with van der Waals surface area (Å²) in [5.74, 6) is -2.47. The van der Waals surface area contributed by atoms with Crippen molar-refractivity contribution in [3.05, 3.63) is 194 Å². The van der Waals surface area contributed by atoms with Crippen LogP contribution in [0.3, 0.4) is 0 Å². The Kier molecular flexibility index (Phi) is 68.8. The molecule has 0 aromatic rings. The smallest absolute Gasteiger partial charge is 0.462 e. The summed E-state index contributed by atoms with van der Waals surface area (Å²) in [7, 11) is -10.0. The number of hydrogen-bond acceptors (Lipinski definition) is 15. The molecule has 19 heteroatoms. The van der Waals surface area contributed by atoms with Gasteiger partial charge in [0.2, 0.25) is 0 Å². The van der Waals surface area contributed by atoms with Gasteiger partial charge in [-0.3, -0.25) is 37.3 Å². The monoisotopic (exact) mass is 1460 g/mol. The summed E-state index contributed by atoms with van der Waals surface area (Å²) in [6, 6.07) is 0. The molecule has 17 nitrogen and oxygen atoms in total. The van der Waals surface area contributed by atoms with Crippen molar-refractivity contribution in [2.75, 3.05) is 39.6 Å². The third kappa shape index (κ3) is 72.3. The molecule has 0 heterocycles. The Morgan fingerprint density at radius 2 is 0.559 bits per heavy atom. The third-order valence-electron chi connectivity index (χ3n) is 14.6. The Hall–Kier alpha value is -6.10. The van der Waals surface area contributed by atoms with Gasteiger partial charge in [-0.2, -0.15) is 0 Å². The number of phosphoric acid groups is 2. The number of hydrogen-bond donors (Lipinski definition) is 3. The maximum absolute atomic E-state index is 13.1. The highest BCUT2D eigenvalue weighted by Gasteiger charge is 2.30. The molecular weight excluding hydrogens is 1330 g/mol. The summed E-state index contributed by atoms with van der Waals surface area (Å²) in [6.07, 6.45) is 89.0. The number of aliphatic hydroxyl groups is 1. The number of esters is 4. The number of allylic oxidation sites excluding steroid dienone is 31. The SMILES string of the molecule is CC/C=C\C/C=C\C/C=C\C/C=C\C/C=C\CCCCCC(=O)OCC(COP(=O)(O)OCC(O)COP(=O)(O)OCC(COC(=O)CCC/C=C\C/C=C\C/C=C\C/C=C\C/C=C\CC)OC(=O)CCCCCCC/C=C\CCCC)OC(=O)C/C=C\C/C=C\C/C=C\C/C=C\C/C=C\CC. The van der Waals surface area contributed by atoms with Gasteiger partial charge < -0.3 is 33.8 Å². The van der Waals surface area contributed by atoms with Gasteiger partial charge in [-0.05, 0) is 154 Å². The van der Waals surface area contributed by atoms with Gasteiger partial charge in [0.1, 0.15) is 19.3 Å². The average molecular weight is 1460 g/mol. The molecule has 0 rings (SSSR count). The summed E-state index contributed by atoms with van der Waals surface area (Å²) in [5, 5.41) is 10.6. The van der Waals surface area contributed by atoms with Gasteiger partial charge >= 0.3 is 39.5 Å². The van der Waals surface area contributed by atoms with Crippen LogP contribution in [-0.2, 0) is 65.4 Å². The fourth-order valence-electron chi connectivity index (χ4n) is 8.92. The average Bonchev–Trinajstić information content (AvgIpc) is 0.939. The van der Waals surface area contributed by atoms with E-state index in [4.69, 9.17) is 37.0 Å². The van der Waals surface area contributed by atoms with E-state index in [-0.39, 0.29) is 25.7 Å². The second-order valence-corrected chi connectivity index (χ2v) is 27.0. The molecule has 0 saturated heterocycles. The lowest BCUT2D eigenvalue weighted by Crippen LogP contribution is -2.30. The number of unbranched alkanes of at least 4 members (excludes halogenated alkanes) is 11. The van der Waals surface area contributed by atoms with Crippen LogP contribution in [0.4, 0.5) is 0 Å². The molecule has 102 heavy (non-hydrogen) atoms. The Bertz CT molecular complexity index is 2700. The Labute approximate surface area is 615 Å². The molecule has 5 atom stereocenters. The largest absolute Gasteiger partial charge is 0.472 e. The van der Waals surface area contributed by atoms with Gasteiger partial charge in [-0.25, -0.2) is 9.13 Å². The van der Waals surface area contributed by atoms with Crippen LogP contribution >= 0.6 is 15.6 Å². The van der Waals surface area contributed by atoms with E-state index in [2.05, 4.69) is 186 Å². The van der Waals surface area contributed by atoms with Crippen LogP contribution < -0.4 is 0 Å². The van der Waals surface area contributed by atoms with E-state index in [0.29, 0.717) is 32.1 Å². The first-order chi connectivity index (χ1) is 49.7. The summed E-state index contributed by atoms with van der Waals surface area (Å²) >= 11 is 0. The first-order valence-corrected chi connectivity index (χ1v) is 40.7. The molecular formula is C83H130O17P2. The Morgan fingerprint density at radius 1 is 0.294 bits per heavy atom. The van der Waals surface area contributed by atoms with E-state index >= 15 is 0 Å². The fourth-order valence-corrected chi connectivity index (χ4v) is 10.5. The van der Waals surface area contributed by atoms with E-state index in [1.54, 1.807) is 12.2 Å². The summed E-state index contributed by atoms with van der Waals surface area (Å²) in [5.41, 5.74) is 0. The Morgan fingerprint density at radius 3 is 0.931 bits per heavy atom. The molecule has 0 aromatic heterocycles. The number of carbonyl (C=O) groups is 4. The molecule has 0 aliphatic carbocycles. The number of ether oxygens (including phenoxy) is 4. The summed E-state index contributed by atoms with van der Waals surface area (Å²) in [4.78, 5) is 72.7. The van der Waals surface area contributed by atoms with Gasteiger partial charge in [0.15, 0.2) is 12.2 Å². The van der Waals surface area contributed by atoms with Crippen molar-refractivity contribution in [1.29, 1.82) is 0 Å². The molecule has 0 amide bonds. The zero-order chi connectivity index (χ0) is 74.6. The lowest BCUT2D eigenvalue weighted by molar-refractivity contribution is -0.161. The number of carbonyl (C=O) groups excluding carboxylic acids is 4. The minimum atomic E-state index is -5.02. The lowest BCUT2D eigenvalue weighted by Gasteiger charge is -2.21. The normalized spacial score (nSPS) is 15.0. The van der Waals surface area contributed by atoms with Crippen LogP contribution in [0.15, 0.2) is 194 Å². The zero-order valence-electron chi connectivity index (χ0n) is 62.4. The first kappa shape index (κ1) is 95.9. The molecule has 5 unspecified atom stereocenters. The highest BCUT2D eigenvalue weighted by Crippen LogP contribution is 2.45. The number of aliphatic hydroxyl groups excluding tert-OH is 1. The van der Waals surface area contributed by atoms with Gasteiger partial charge in [0.25, 0.3) is 0 Å². The second kappa shape index (κ2) is 73.2. The van der Waals surface area contributed by atoms with Crippen LogP contribution in [0.1, 0.15) is 246 Å². The molecule has 0 radical (unpaired) electrons. The second-order valence-electron chi connectivity index (χ2n) is 24.1. The predicted octanol–water partition coefficient (Wildman–Crippen LogP) is 21.8. The van der Waals surface area contributed by atoms with Crippen molar-refractivity contribution in [3.8, 4) is 0 Å². The summed E-state index contributed by atoms with van der Waals surface area (Å²) < 4.78 is 68.2. The molecule has 0 spiro atoms. The summed E-state index contributed by atoms with van der Waals surface area (Å²) in [6.45, 7) is 4.21. The number of rotatable bonds is 68. The van der Waals surface area contributed by atoms with Crippen molar-refractivity contribution in [2.45, 2.75) is 264 Å². The molecule has 3 N–H and O–H groups in total. The van der Waals surface area contributed by atoms with Gasteiger partial charge in [0, 0.05) is 19.3 Å². The fraction of sp³-hybridized carbons (Fsp3) is 0.566. The van der Waals surface area contributed by atoms with E-state index in [1.807, 2.05) is 24.3 Å². The molecule has 0 aliphatic heterocycles. The van der Waals surface area contributed by atoms with Crippen LogP contribution in [-0.4, -0.2) is 96.7 Å². The van der Waals surface area contributed by atoms with Crippen LogP contribution in [0.5, 0.6) is 0 Å². The standard InChI is InChI=1S/C83H130O17P2/c1-5-9-13-17-21-25-29-32-35-37-38-40-43-45-49-52-56-60-64-68-81(86)94-74-79(100-83(88)70-66-62-58-54-50-46-41-34-31-27-23-19-15-11-7-3)76-98-102(91,92)96-72-77(84)71-95-101(89,90)97-75-78(99-82(87)69-65-61-57-53-47-28-24-20-16-12-8-4)73-93-80(85)67-63-59-55-51-48-44-42-39-36-33-30-26-22-18-14-10-6-2/h9-11,13-15,20-27,32-36,38,40-42,44-45,49-51,54-55,62,66,77-79,84H,5-8,12,16-19,28-31,37,39,43,46-48,52-53,56-61,63-65,67-76H2,1-4H3,(H,89,90)(H,91,92)/b13-9-,14-10-,15-11-,24-20-,25-21-,26-22-,27-23-,35-32-,36-33-,40-38-,41-34-,44-42-,49-45-,54-50-,55-51-,66-62-. The predicted molar refractivity (Wildman–Crippen MR) is 417 cm³/mol. The molecule has 0 saturated carbocycles. The van der Waals surface area contributed by atoms with Gasteiger partial charge in [-0.15, -0.1) is 0 Å². The van der Waals surface area contributed by atoms with Gasteiger partial charge in [0.05, 0.1) is 32.8 Å². The topological polar surface area (TPSA) is 237 Å². The molecule has 574 valence electrons. The lowest BCUT2D eigenvalue weighted by atomic mass is 10.1. The third-order valence-corrected chi connectivity index (χ3v) is 16.5. The van der Waals surface area contributed by atoms with Crippen molar-refractivity contribution < 1.29 is 80.2 Å². The van der Waals surface area contributed by atoms with Crippen molar-refractivity contribution in [3.63, 3.8) is 0 Å². The van der Waals surface area contributed by atoms with E-state index in [9.17, 15) is 43.2 Å². The number of phosphoric ester groups is 2. The highest BCUT2D eigenvalue weighted by molar-refractivity contribution is 7.47. The minimum Gasteiger partial charge on any atom is -0.462 e. The molecule has 0 fully saturated rings. The van der Waals surface area contributed by atoms with E-state index in [1.165, 1.54) is 6.42 Å². The quantitative estimate of drug-likeness (QED) is 0.0169. The van der Waals surface area contributed by atoms with Crippen molar-refractivity contribution >= 4 is 39.5 Å². The first-order valence-electron chi connectivity index (χ1n) is 37.7. The van der Waals surface area contributed by atoms with E-state index < -0.39 is 97.5 Å². The van der Waals surface area contributed by atoms with Crippen molar-refractivity contribution in [1.82, 2.24) is 0 Å². The Balaban J connectivity index is 5.50. The van der Waals surface area contributed by atoms with Crippen LogP contribution in [0, 0.1) is 0 Å². The molecule has 0 bridgehead atoms. The maximum atomic E-state index is 13.1. The van der Waals surface area contributed by atoms with Crippen LogP contribution in [0.25, 0.3) is 0 Å². The van der Waals surface area contributed by atoms with Crippen LogP contribution in [0.2, 0.25) is 0 Å². The molecule has 0 aliphatic rings. The highest BCUT2D eigenvalue weighted by atomic mass is 31.2. The van der Waals surface area contributed by atoms with Crippen molar-refractivity contribution in [2.24, 2.45) is 0 Å². The van der Waals surface area contributed by atoms with Gasteiger partial charge in [-0.1, -0.05) is 261 Å².